The van der Waals surface area contributed by atoms with Crippen molar-refractivity contribution in [1.29, 1.82) is 0 Å². The first-order chi connectivity index (χ1) is 9.71. The standard InChI is InChI=1S/C16H27N3O/c1-3-10-19(11-4-2)12-9-16(20)18-15-8-6-5-7-14(15)13-17/h5-8H,3-4,9-13,17H2,1-2H3,(H,18,20). The first-order valence-electron chi connectivity index (χ1n) is 7.51. The highest BCUT2D eigenvalue weighted by Crippen LogP contribution is 2.14. The zero-order valence-corrected chi connectivity index (χ0v) is 12.7. The van der Waals surface area contributed by atoms with Gasteiger partial charge in [0, 0.05) is 25.2 Å². The Kier molecular flexibility index (Phi) is 7.92. The number of hydrogen-bond donors (Lipinski definition) is 2. The van der Waals surface area contributed by atoms with Gasteiger partial charge in [-0.05, 0) is 37.6 Å². The SMILES string of the molecule is CCCN(CCC)CCC(=O)Nc1ccccc1CN. The molecule has 0 fully saturated rings. The first-order valence-corrected chi connectivity index (χ1v) is 7.51. The highest BCUT2D eigenvalue weighted by molar-refractivity contribution is 5.91. The fourth-order valence-electron chi connectivity index (χ4n) is 2.26. The molecule has 0 heterocycles. The lowest BCUT2D eigenvalue weighted by atomic mass is 10.1. The third-order valence-corrected chi connectivity index (χ3v) is 3.25. The number of hydrogen-bond acceptors (Lipinski definition) is 3. The van der Waals surface area contributed by atoms with Gasteiger partial charge in [-0.15, -0.1) is 0 Å². The van der Waals surface area contributed by atoms with Crippen LogP contribution in [0.15, 0.2) is 24.3 Å². The second-order valence-corrected chi connectivity index (χ2v) is 5.00. The van der Waals surface area contributed by atoms with Crippen molar-refractivity contribution in [2.75, 3.05) is 25.0 Å². The van der Waals surface area contributed by atoms with E-state index in [4.69, 9.17) is 5.73 Å². The maximum atomic E-state index is 12.0. The number of anilines is 1. The fourth-order valence-corrected chi connectivity index (χ4v) is 2.26. The summed E-state index contributed by atoms with van der Waals surface area (Å²) in [6.07, 6.45) is 2.77. The molecule has 0 atom stereocenters. The van der Waals surface area contributed by atoms with E-state index in [0.717, 1.165) is 43.7 Å². The molecule has 112 valence electrons. The van der Waals surface area contributed by atoms with Crippen LogP contribution in [0.2, 0.25) is 0 Å². The smallest absolute Gasteiger partial charge is 0.225 e. The summed E-state index contributed by atoms with van der Waals surface area (Å²) in [6, 6.07) is 7.68. The Morgan fingerprint density at radius 1 is 1.15 bits per heavy atom. The molecule has 1 aromatic carbocycles. The summed E-state index contributed by atoms with van der Waals surface area (Å²) in [5, 5.41) is 2.96. The van der Waals surface area contributed by atoms with Crippen LogP contribution < -0.4 is 11.1 Å². The number of para-hydroxylation sites is 1. The molecule has 0 aliphatic heterocycles. The topological polar surface area (TPSA) is 58.4 Å². The van der Waals surface area contributed by atoms with Crippen molar-refractivity contribution < 1.29 is 4.79 Å². The molecule has 1 rings (SSSR count). The van der Waals surface area contributed by atoms with Crippen LogP contribution in [0.1, 0.15) is 38.7 Å². The predicted molar refractivity (Wildman–Crippen MR) is 84.6 cm³/mol. The minimum atomic E-state index is 0.0584. The van der Waals surface area contributed by atoms with Crippen LogP contribution in [-0.4, -0.2) is 30.4 Å². The minimum absolute atomic E-state index is 0.0584. The van der Waals surface area contributed by atoms with Crippen LogP contribution in [0.3, 0.4) is 0 Å². The summed E-state index contributed by atoms with van der Waals surface area (Å²) >= 11 is 0. The van der Waals surface area contributed by atoms with Crippen LogP contribution in [0.5, 0.6) is 0 Å². The molecule has 0 spiro atoms. The molecule has 1 aromatic rings. The van der Waals surface area contributed by atoms with E-state index >= 15 is 0 Å². The van der Waals surface area contributed by atoms with E-state index in [1.165, 1.54) is 0 Å². The molecule has 0 aliphatic rings. The summed E-state index contributed by atoms with van der Waals surface area (Å²) in [5.74, 6) is 0.0584. The van der Waals surface area contributed by atoms with Crippen LogP contribution in [0.25, 0.3) is 0 Å². The summed E-state index contributed by atoms with van der Waals surface area (Å²) in [7, 11) is 0. The Bertz CT molecular complexity index is 400. The Balaban J connectivity index is 2.46. The third kappa shape index (κ3) is 5.72. The lowest BCUT2D eigenvalue weighted by Crippen LogP contribution is -2.29. The van der Waals surface area contributed by atoms with Crippen LogP contribution in [-0.2, 0) is 11.3 Å². The molecule has 4 heteroatoms. The molecule has 0 bridgehead atoms. The van der Waals surface area contributed by atoms with E-state index < -0.39 is 0 Å². The monoisotopic (exact) mass is 277 g/mol. The van der Waals surface area contributed by atoms with Crippen molar-refractivity contribution in [2.45, 2.75) is 39.7 Å². The fraction of sp³-hybridized carbons (Fsp3) is 0.562. The highest BCUT2D eigenvalue weighted by atomic mass is 16.1. The number of nitrogens with one attached hydrogen (secondary N) is 1. The maximum absolute atomic E-state index is 12.0. The van der Waals surface area contributed by atoms with Gasteiger partial charge in [0.05, 0.1) is 0 Å². The van der Waals surface area contributed by atoms with Gasteiger partial charge in [0.15, 0.2) is 0 Å². The molecule has 4 nitrogen and oxygen atoms in total. The molecule has 0 aliphatic carbocycles. The van der Waals surface area contributed by atoms with Crippen molar-refractivity contribution >= 4 is 11.6 Å². The molecule has 20 heavy (non-hydrogen) atoms. The number of nitrogens with two attached hydrogens (primary N) is 1. The first kappa shape index (κ1) is 16.7. The minimum Gasteiger partial charge on any atom is -0.326 e. The lowest BCUT2D eigenvalue weighted by Gasteiger charge is -2.20. The van der Waals surface area contributed by atoms with Crippen LogP contribution in [0, 0.1) is 0 Å². The van der Waals surface area contributed by atoms with E-state index in [1.54, 1.807) is 0 Å². The Morgan fingerprint density at radius 3 is 2.40 bits per heavy atom. The number of rotatable bonds is 9. The van der Waals surface area contributed by atoms with E-state index in [-0.39, 0.29) is 5.91 Å². The molecular weight excluding hydrogens is 250 g/mol. The van der Waals surface area contributed by atoms with Crippen molar-refractivity contribution in [1.82, 2.24) is 4.90 Å². The van der Waals surface area contributed by atoms with Gasteiger partial charge in [-0.25, -0.2) is 0 Å². The van der Waals surface area contributed by atoms with Gasteiger partial charge in [0.2, 0.25) is 5.91 Å². The molecule has 0 unspecified atom stereocenters. The second kappa shape index (κ2) is 9.50. The predicted octanol–water partition coefficient (Wildman–Crippen LogP) is 2.60. The van der Waals surface area contributed by atoms with Crippen molar-refractivity contribution in [2.24, 2.45) is 5.73 Å². The molecule has 3 N–H and O–H groups in total. The summed E-state index contributed by atoms with van der Waals surface area (Å²) in [4.78, 5) is 14.4. The van der Waals surface area contributed by atoms with Gasteiger partial charge in [-0.2, -0.15) is 0 Å². The molecule has 1 amide bonds. The van der Waals surface area contributed by atoms with Crippen molar-refractivity contribution in [3.05, 3.63) is 29.8 Å². The molecule has 0 saturated carbocycles. The zero-order valence-electron chi connectivity index (χ0n) is 12.7. The van der Waals surface area contributed by atoms with Gasteiger partial charge in [-0.1, -0.05) is 32.0 Å². The maximum Gasteiger partial charge on any atom is 0.225 e. The molecule has 0 radical (unpaired) electrons. The van der Waals surface area contributed by atoms with Crippen LogP contribution >= 0.6 is 0 Å². The van der Waals surface area contributed by atoms with E-state index in [9.17, 15) is 4.79 Å². The van der Waals surface area contributed by atoms with Gasteiger partial charge in [-0.3, -0.25) is 4.79 Å². The zero-order chi connectivity index (χ0) is 14.8. The van der Waals surface area contributed by atoms with E-state index in [2.05, 4.69) is 24.1 Å². The van der Waals surface area contributed by atoms with Gasteiger partial charge in [0.1, 0.15) is 0 Å². The van der Waals surface area contributed by atoms with Crippen molar-refractivity contribution in [3.63, 3.8) is 0 Å². The summed E-state index contributed by atoms with van der Waals surface area (Å²) in [5.41, 5.74) is 7.47. The van der Waals surface area contributed by atoms with Gasteiger partial charge < -0.3 is 16.0 Å². The molecular formula is C16H27N3O. The Morgan fingerprint density at radius 2 is 1.80 bits per heavy atom. The second-order valence-electron chi connectivity index (χ2n) is 5.00. The highest BCUT2D eigenvalue weighted by Gasteiger charge is 2.08. The average molecular weight is 277 g/mol. The molecule has 0 aromatic heterocycles. The normalized spacial score (nSPS) is 10.8. The lowest BCUT2D eigenvalue weighted by molar-refractivity contribution is -0.116. The summed E-state index contributed by atoms with van der Waals surface area (Å²) < 4.78 is 0. The van der Waals surface area contributed by atoms with Gasteiger partial charge in [0.25, 0.3) is 0 Å². The Hall–Kier alpha value is -1.39. The number of benzene rings is 1. The number of nitrogens with zero attached hydrogens (tertiary/aromatic N) is 1. The largest absolute Gasteiger partial charge is 0.326 e. The quantitative estimate of drug-likeness (QED) is 0.729. The van der Waals surface area contributed by atoms with E-state index in [1.807, 2.05) is 24.3 Å². The number of carbonyl (C=O) groups is 1. The van der Waals surface area contributed by atoms with Gasteiger partial charge >= 0.3 is 0 Å². The average Bonchev–Trinajstić information content (AvgIpc) is 2.46. The van der Waals surface area contributed by atoms with Crippen LogP contribution in [0.4, 0.5) is 5.69 Å². The third-order valence-electron chi connectivity index (χ3n) is 3.25. The van der Waals surface area contributed by atoms with Crippen molar-refractivity contribution in [3.8, 4) is 0 Å². The number of amides is 1. The molecule has 0 saturated heterocycles. The van der Waals surface area contributed by atoms with E-state index in [0.29, 0.717) is 13.0 Å². The Labute approximate surface area is 122 Å². The number of carbonyl (C=O) groups excluding carboxylic acids is 1. The summed E-state index contributed by atoms with van der Waals surface area (Å²) in [6.45, 7) is 7.70.